The average molecular weight is 328 g/mol. The Bertz CT molecular complexity index is 742. The standard InChI is InChI=1S/C19H20O5/c1-12-8-9-14(13(2)10-12)15(20)11-24-19(21)18-16(22-3)6-5-7-17(18)23-4/h5-10H,11H2,1-4H3. The molecule has 2 aromatic carbocycles. The maximum Gasteiger partial charge on any atom is 0.346 e. The summed E-state index contributed by atoms with van der Waals surface area (Å²) in [5.74, 6) is -0.256. The zero-order valence-electron chi connectivity index (χ0n) is 14.2. The fourth-order valence-electron chi connectivity index (χ4n) is 2.46. The number of Topliss-reactive ketones (excluding diaryl/α,β-unsaturated/α-hetero) is 1. The van der Waals surface area contributed by atoms with Gasteiger partial charge in [-0.2, -0.15) is 0 Å². The summed E-state index contributed by atoms with van der Waals surface area (Å²) in [4.78, 5) is 24.6. The van der Waals surface area contributed by atoms with Gasteiger partial charge in [-0.3, -0.25) is 4.79 Å². The maximum atomic E-state index is 12.3. The van der Waals surface area contributed by atoms with E-state index >= 15 is 0 Å². The predicted molar refractivity (Wildman–Crippen MR) is 90.1 cm³/mol. The predicted octanol–water partition coefficient (Wildman–Crippen LogP) is 3.36. The molecule has 0 aliphatic heterocycles. The Morgan fingerprint density at radius 1 is 0.958 bits per heavy atom. The molecule has 126 valence electrons. The van der Waals surface area contributed by atoms with Gasteiger partial charge in [0, 0.05) is 5.56 Å². The summed E-state index contributed by atoms with van der Waals surface area (Å²) in [6.07, 6.45) is 0. The van der Waals surface area contributed by atoms with Gasteiger partial charge in [-0.25, -0.2) is 4.79 Å². The fourth-order valence-corrected chi connectivity index (χ4v) is 2.46. The van der Waals surface area contributed by atoms with Crippen LogP contribution in [0.5, 0.6) is 11.5 Å². The molecule has 0 saturated heterocycles. The highest BCUT2D eigenvalue weighted by atomic mass is 16.5. The normalized spacial score (nSPS) is 10.2. The second-order valence-corrected chi connectivity index (χ2v) is 5.36. The Hall–Kier alpha value is -2.82. The largest absolute Gasteiger partial charge is 0.496 e. The van der Waals surface area contributed by atoms with Crippen molar-refractivity contribution in [3.63, 3.8) is 0 Å². The number of hydrogen-bond donors (Lipinski definition) is 0. The van der Waals surface area contributed by atoms with Gasteiger partial charge in [0.2, 0.25) is 5.78 Å². The summed E-state index contributed by atoms with van der Waals surface area (Å²) < 4.78 is 15.5. The molecule has 0 aliphatic carbocycles. The lowest BCUT2D eigenvalue weighted by molar-refractivity contribution is 0.0468. The summed E-state index contributed by atoms with van der Waals surface area (Å²) in [7, 11) is 2.90. The number of ketones is 1. The van der Waals surface area contributed by atoms with Crippen molar-refractivity contribution >= 4 is 11.8 Å². The number of benzene rings is 2. The molecule has 0 amide bonds. The monoisotopic (exact) mass is 328 g/mol. The van der Waals surface area contributed by atoms with Crippen LogP contribution >= 0.6 is 0 Å². The SMILES string of the molecule is COc1cccc(OC)c1C(=O)OCC(=O)c1ccc(C)cc1C. The molecule has 0 fully saturated rings. The molecular formula is C19H20O5. The number of methoxy groups -OCH3 is 2. The van der Waals surface area contributed by atoms with Crippen LogP contribution in [0.3, 0.4) is 0 Å². The molecule has 5 heteroatoms. The second kappa shape index (κ2) is 7.64. The van der Waals surface area contributed by atoms with E-state index in [0.717, 1.165) is 11.1 Å². The third kappa shape index (κ3) is 3.74. The van der Waals surface area contributed by atoms with Gasteiger partial charge in [-0.05, 0) is 31.5 Å². The first kappa shape index (κ1) is 17.5. The van der Waals surface area contributed by atoms with Crippen molar-refractivity contribution in [1.29, 1.82) is 0 Å². The Kier molecular flexibility index (Phi) is 5.58. The van der Waals surface area contributed by atoms with Crippen molar-refractivity contribution < 1.29 is 23.8 Å². The second-order valence-electron chi connectivity index (χ2n) is 5.36. The van der Waals surface area contributed by atoms with E-state index < -0.39 is 5.97 Å². The zero-order chi connectivity index (χ0) is 17.7. The summed E-state index contributed by atoms with van der Waals surface area (Å²) in [5.41, 5.74) is 2.63. The van der Waals surface area contributed by atoms with Gasteiger partial charge >= 0.3 is 5.97 Å². The quantitative estimate of drug-likeness (QED) is 0.601. The number of carbonyl (C=O) groups is 2. The Balaban J connectivity index is 2.15. The van der Waals surface area contributed by atoms with E-state index in [1.165, 1.54) is 14.2 Å². The lowest BCUT2D eigenvalue weighted by atomic mass is 10.0. The Morgan fingerprint density at radius 3 is 2.12 bits per heavy atom. The van der Waals surface area contributed by atoms with E-state index in [9.17, 15) is 9.59 Å². The van der Waals surface area contributed by atoms with Gasteiger partial charge in [0.25, 0.3) is 0 Å². The van der Waals surface area contributed by atoms with Gasteiger partial charge < -0.3 is 14.2 Å². The van der Waals surface area contributed by atoms with Crippen LogP contribution in [0.1, 0.15) is 31.8 Å². The van der Waals surface area contributed by atoms with Crippen LogP contribution in [0.4, 0.5) is 0 Å². The van der Waals surface area contributed by atoms with Crippen LogP contribution in [-0.4, -0.2) is 32.6 Å². The average Bonchev–Trinajstić information content (AvgIpc) is 2.58. The van der Waals surface area contributed by atoms with Crippen LogP contribution in [0.2, 0.25) is 0 Å². The van der Waals surface area contributed by atoms with E-state index in [2.05, 4.69) is 0 Å². The highest BCUT2D eigenvalue weighted by Gasteiger charge is 2.21. The van der Waals surface area contributed by atoms with Gasteiger partial charge in [-0.1, -0.05) is 29.8 Å². The first-order valence-corrected chi connectivity index (χ1v) is 7.46. The van der Waals surface area contributed by atoms with Crippen molar-refractivity contribution in [3.05, 3.63) is 58.7 Å². The molecule has 24 heavy (non-hydrogen) atoms. The molecule has 5 nitrogen and oxygen atoms in total. The van der Waals surface area contributed by atoms with Crippen LogP contribution in [0.15, 0.2) is 36.4 Å². The zero-order valence-corrected chi connectivity index (χ0v) is 14.2. The molecule has 0 aliphatic rings. The van der Waals surface area contributed by atoms with Gasteiger partial charge in [-0.15, -0.1) is 0 Å². The van der Waals surface area contributed by atoms with Crippen molar-refractivity contribution in [2.24, 2.45) is 0 Å². The fraction of sp³-hybridized carbons (Fsp3) is 0.263. The molecule has 0 unspecified atom stereocenters. The number of carbonyl (C=O) groups excluding carboxylic acids is 2. The molecule has 0 radical (unpaired) electrons. The minimum atomic E-state index is -0.664. The third-order valence-electron chi connectivity index (χ3n) is 3.65. The molecule has 2 rings (SSSR count). The highest BCUT2D eigenvalue weighted by Crippen LogP contribution is 2.28. The lowest BCUT2D eigenvalue weighted by Crippen LogP contribution is -2.16. The van der Waals surface area contributed by atoms with Crippen LogP contribution in [0, 0.1) is 13.8 Å². The molecule has 0 bridgehead atoms. The first-order chi connectivity index (χ1) is 11.5. The third-order valence-corrected chi connectivity index (χ3v) is 3.65. The van der Waals surface area contributed by atoms with Crippen molar-refractivity contribution in [2.45, 2.75) is 13.8 Å². The summed E-state index contributed by atoms with van der Waals surface area (Å²) in [6, 6.07) is 10.5. The molecule has 0 spiro atoms. The number of ether oxygens (including phenoxy) is 3. The molecule has 0 saturated carbocycles. The highest BCUT2D eigenvalue weighted by molar-refractivity contribution is 6.01. The Labute approximate surface area is 141 Å². The van der Waals surface area contributed by atoms with Gasteiger partial charge in [0.1, 0.15) is 17.1 Å². The van der Waals surface area contributed by atoms with Crippen molar-refractivity contribution in [2.75, 3.05) is 20.8 Å². The summed E-state index contributed by atoms with van der Waals surface area (Å²) in [6.45, 7) is 3.46. The molecule has 0 N–H and O–H groups in total. The number of aryl methyl sites for hydroxylation is 2. The molecule has 0 aromatic heterocycles. The van der Waals surface area contributed by atoms with E-state index in [-0.39, 0.29) is 18.0 Å². The first-order valence-electron chi connectivity index (χ1n) is 7.46. The van der Waals surface area contributed by atoms with E-state index in [1.54, 1.807) is 24.3 Å². The maximum absolute atomic E-state index is 12.3. The number of rotatable bonds is 6. The lowest BCUT2D eigenvalue weighted by Gasteiger charge is -2.12. The molecule has 0 heterocycles. The molecule has 0 atom stereocenters. The number of hydrogen-bond acceptors (Lipinski definition) is 5. The minimum Gasteiger partial charge on any atom is -0.496 e. The van der Waals surface area contributed by atoms with Crippen LogP contribution < -0.4 is 9.47 Å². The smallest absolute Gasteiger partial charge is 0.346 e. The van der Waals surface area contributed by atoms with E-state index in [4.69, 9.17) is 14.2 Å². The van der Waals surface area contributed by atoms with Crippen molar-refractivity contribution in [3.8, 4) is 11.5 Å². The van der Waals surface area contributed by atoms with Gasteiger partial charge in [0.05, 0.1) is 14.2 Å². The Morgan fingerprint density at radius 2 is 1.58 bits per heavy atom. The number of esters is 1. The summed E-state index contributed by atoms with van der Waals surface area (Å²) >= 11 is 0. The van der Waals surface area contributed by atoms with E-state index in [1.807, 2.05) is 26.0 Å². The van der Waals surface area contributed by atoms with E-state index in [0.29, 0.717) is 17.1 Å². The molecular weight excluding hydrogens is 308 g/mol. The van der Waals surface area contributed by atoms with Crippen LogP contribution in [-0.2, 0) is 4.74 Å². The topological polar surface area (TPSA) is 61.8 Å². The molecule has 2 aromatic rings. The summed E-state index contributed by atoms with van der Waals surface area (Å²) in [5, 5.41) is 0. The van der Waals surface area contributed by atoms with Crippen LogP contribution in [0.25, 0.3) is 0 Å². The minimum absolute atomic E-state index is 0.163. The van der Waals surface area contributed by atoms with Crippen molar-refractivity contribution in [1.82, 2.24) is 0 Å². The van der Waals surface area contributed by atoms with Gasteiger partial charge in [0.15, 0.2) is 6.61 Å².